The highest BCUT2D eigenvalue weighted by Gasteiger charge is 2.45. The number of hydrogen-bond acceptors (Lipinski definition) is 8. The Labute approximate surface area is 209 Å². The van der Waals surface area contributed by atoms with Crippen LogP contribution in [0.3, 0.4) is 0 Å². The molecule has 1 aromatic carbocycles. The average molecular weight is 491 g/mol. The third-order valence-corrected chi connectivity index (χ3v) is 7.09. The number of benzene rings is 1. The summed E-state index contributed by atoms with van der Waals surface area (Å²) in [5.74, 6) is 0.251. The first kappa shape index (κ1) is 23.9. The van der Waals surface area contributed by atoms with Crippen LogP contribution in [-0.2, 0) is 9.59 Å². The minimum atomic E-state index is -0.968. The first-order chi connectivity index (χ1) is 17.5. The molecule has 3 aliphatic rings. The lowest BCUT2D eigenvalue weighted by Gasteiger charge is -2.27. The molecule has 1 unspecified atom stereocenters. The molecule has 3 heterocycles. The summed E-state index contributed by atoms with van der Waals surface area (Å²) < 4.78 is 0. The minimum absolute atomic E-state index is 0.0971. The molecule has 10 nitrogen and oxygen atoms in total. The van der Waals surface area contributed by atoms with E-state index in [2.05, 4.69) is 25.9 Å². The zero-order chi connectivity index (χ0) is 25.1. The molecule has 1 saturated heterocycles. The second kappa shape index (κ2) is 10.4. The number of amides is 4. The van der Waals surface area contributed by atoms with E-state index in [1.807, 2.05) is 12.3 Å². The number of unbranched alkanes of at least 4 members (excludes halogenated alkanes) is 1. The van der Waals surface area contributed by atoms with E-state index in [9.17, 15) is 19.2 Å². The molecule has 10 heteroatoms. The fraction of sp³-hybridized carbons (Fsp3) is 0.462. The van der Waals surface area contributed by atoms with Crippen molar-refractivity contribution in [2.75, 3.05) is 23.7 Å². The second-order valence-corrected chi connectivity index (χ2v) is 9.52. The number of nitrogens with zero attached hydrogens (tertiary/aromatic N) is 3. The van der Waals surface area contributed by atoms with Crippen molar-refractivity contribution in [3.8, 4) is 0 Å². The van der Waals surface area contributed by atoms with Crippen LogP contribution in [0.4, 0.5) is 11.5 Å². The normalized spacial score (nSPS) is 20.0. The Bertz CT molecular complexity index is 1190. The Kier molecular flexibility index (Phi) is 6.92. The van der Waals surface area contributed by atoms with Crippen molar-refractivity contribution in [3.63, 3.8) is 0 Å². The molecular weight excluding hydrogens is 460 g/mol. The fourth-order valence-corrected chi connectivity index (χ4v) is 5.20. The number of imide groups is 2. The molecule has 188 valence electrons. The molecule has 2 fully saturated rings. The number of hydrogen-bond donors (Lipinski definition) is 3. The van der Waals surface area contributed by atoms with Crippen molar-refractivity contribution in [1.82, 2.24) is 20.2 Å². The lowest BCUT2D eigenvalue weighted by Crippen LogP contribution is -2.54. The van der Waals surface area contributed by atoms with Crippen molar-refractivity contribution in [1.29, 1.82) is 0 Å². The molecule has 0 radical (unpaired) electrons. The number of aromatic nitrogens is 2. The highest BCUT2D eigenvalue weighted by molar-refractivity contribution is 6.25. The third kappa shape index (κ3) is 4.80. The molecule has 0 spiro atoms. The molecular formula is C26H30N6O4. The van der Waals surface area contributed by atoms with Gasteiger partial charge < -0.3 is 10.6 Å². The van der Waals surface area contributed by atoms with Gasteiger partial charge in [-0.2, -0.15) is 0 Å². The zero-order valence-electron chi connectivity index (χ0n) is 20.1. The smallest absolute Gasteiger partial charge is 0.264 e. The molecule has 1 aromatic heterocycles. The molecule has 1 atom stereocenters. The van der Waals surface area contributed by atoms with Crippen LogP contribution in [0, 0.1) is 0 Å². The molecule has 1 aliphatic carbocycles. The lowest BCUT2D eigenvalue weighted by atomic mass is 10.0. The lowest BCUT2D eigenvalue weighted by molar-refractivity contribution is -0.136. The molecule has 3 N–H and O–H groups in total. The number of anilines is 2. The first-order valence-electron chi connectivity index (χ1n) is 12.7. The first-order valence-corrected chi connectivity index (χ1v) is 12.7. The predicted octanol–water partition coefficient (Wildman–Crippen LogP) is 2.84. The summed E-state index contributed by atoms with van der Waals surface area (Å²) in [5, 5.41) is 8.86. The Morgan fingerprint density at radius 2 is 1.72 bits per heavy atom. The Morgan fingerprint density at radius 3 is 2.50 bits per heavy atom. The Hall–Kier alpha value is -3.82. The number of rotatable bonds is 9. The summed E-state index contributed by atoms with van der Waals surface area (Å²) in [7, 11) is 0. The molecule has 1 saturated carbocycles. The van der Waals surface area contributed by atoms with E-state index in [0.717, 1.165) is 48.8 Å². The van der Waals surface area contributed by atoms with Crippen LogP contribution in [0.2, 0.25) is 0 Å². The van der Waals surface area contributed by atoms with Crippen LogP contribution in [-0.4, -0.2) is 57.6 Å². The largest absolute Gasteiger partial charge is 0.384 e. The van der Waals surface area contributed by atoms with Crippen LogP contribution in [0.5, 0.6) is 0 Å². The number of fused-ring (bicyclic) bond motifs is 1. The van der Waals surface area contributed by atoms with Gasteiger partial charge in [0.2, 0.25) is 11.8 Å². The van der Waals surface area contributed by atoms with Gasteiger partial charge in [-0.3, -0.25) is 29.4 Å². The average Bonchev–Trinajstić information content (AvgIpc) is 3.50. The van der Waals surface area contributed by atoms with E-state index in [-0.39, 0.29) is 24.0 Å². The fourth-order valence-electron chi connectivity index (χ4n) is 5.20. The maximum absolute atomic E-state index is 13.1. The summed E-state index contributed by atoms with van der Waals surface area (Å²) in [6.07, 6.45) is 8.61. The minimum Gasteiger partial charge on any atom is -0.384 e. The van der Waals surface area contributed by atoms with Crippen molar-refractivity contribution < 1.29 is 19.2 Å². The third-order valence-electron chi connectivity index (χ3n) is 7.09. The van der Waals surface area contributed by atoms with E-state index < -0.39 is 29.7 Å². The maximum atomic E-state index is 13.1. The van der Waals surface area contributed by atoms with Crippen LogP contribution < -0.4 is 16.0 Å². The maximum Gasteiger partial charge on any atom is 0.264 e. The van der Waals surface area contributed by atoms with Crippen molar-refractivity contribution >= 4 is 35.1 Å². The number of carbonyl (C=O) groups is 4. The van der Waals surface area contributed by atoms with Gasteiger partial charge in [-0.05, 0) is 50.3 Å². The van der Waals surface area contributed by atoms with Gasteiger partial charge in [0.05, 0.1) is 11.1 Å². The van der Waals surface area contributed by atoms with Gasteiger partial charge >= 0.3 is 0 Å². The van der Waals surface area contributed by atoms with Gasteiger partial charge in [0.15, 0.2) is 0 Å². The monoisotopic (exact) mass is 490 g/mol. The molecule has 5 rings (SSSR count). The summed E-state index contributed by atoms with van der Waals surface area (Å²) in [6, 6.07) is 6.00. The molecule has 2 aliphatic heterocycles. The van der Waals surface area contributed by atoms with Crippen molar-refractivity contribution in [2.24, 2.45) is 0 Å². The van der Waals surface area contributed by atoms with Crippen molar-refractivity contribution in [2.45, 2.75) is 63.3 Å². The van der Waals surface area contributed by atoms with Gasteiger partial charge in [0.1, 0.15) is 17.7 Å². The Balaban J connectivity index is 1.13. The number of piperidine rings is 1. The van der Waals surface area contributed by atoms with Crippen molar-refractivity contribution in [3.05, 3.63) is 47.4 Å². The van der Waals surface area contributed by atoms with E-state index in [1.54, 1.807) is 18.2 Å². The highest BCUT2D eigenvalue weighted by Crippen LogP contribution is 2.33. The van der Waals surface area contributed by atoms with Gasteiger partial charge in [-0.1, -0.05) is 18.9 Å². The van der Waals surface area contributed by atoms with E-state index in [4.69, 9.17) is 0 Å². The molecule has 4 amide bonds. The standard InChI is InChI=1S/C26H30N6O4/c33-21-11-10-19(24(34)31-21)32-25(35)17-8-5-9-18(22(17)26(32)36)27-13-3-4-14-28-20-12-15-29-23(30-20)16-6-1-2-7-16/h5,8-9,12,15-16,19,27H,1-4,6-7,10-11,13-14H2,(H,28,29,30)(H,31,33,34). The van der Waals surface area contributed by atoms with Crippen LogP contribution in [0.25, 0.3) is 0 Å². The zero-order valence-corrected chi connectivity index (χ0v) is 20.1. The number of carbonyl (C=O) groups excluding carboxylic acids is 4. The molecule has 36 heavy (non-hydrogen) atoms. The van der Waals surface area contributed by atoms with Gasteiger partial charge in [-0.25, -0.2) is 9.97 Å². The van der Waals surface area contributed by atoms with E-state index >= 15 is 0 Å². The summed E-state index contributed by atoms with van der Waals surface area (Å²) in [6.45, 7) is 1.38. The van der Waals surface area contributed by atoms with E-state index in [1.165, 1.54) is 12.8 Å². The predicted molar refractivity (Wildman–Crippen MR) is 133 cm³/mol. The highest BCUT2D eigenvalue weighted by atomic mass is 16.2. The molecule has 0 bridgehead atoms. The summed E-state index contributed by atoms with van der Waals surface area (Å²) in [5.41, 5.74) is 1.13. The quantitative estimate of drug-likeness (QED) is 0.361. The number of nitrogens with one attached hydrogen (secondary N) is 3. The SMILES string of the molecule is O=C1CCC(N2C(=O)c3cccc(NCCCCNc4ccnc(C5CCCC5)n4)c3C2=O)C(=O)N1. The topological polar surface area (TPSA) is 133 Å². The van der Waals surface area contributed by atoms with Crippen LogP contribution in [0.15, 0.2) is 30.5 Å². The molecule has 2 aromatic rings. The van der Waals surface area contributed by atoms with E-state index in [0.29, 0.717) is 18.2 Å². The van der Waals surface area contributed by atoms with Gasteiger partial charge in [-0.15, -0.1) is 0 Å². The summed E-state index contributed by atoms with van der Waals surface area (Å²) in [4.78, 5) is 59.9. The summed E-state index contributed by atoms with van der Waals surface area (Å²) >= 11 is 0. The Morgan fingerprint density at radius 1 is 0.944 bits per heavy atom. The van der Waals surface area contributed by atoms with Crippen LogP contribution in [0.1, 0.15) is 83.8 Å². The van der Waals surface area contributed by atoms with Gasteiger partial charge in [0, 0.05) is 37.3 Å². The second-order valence-electron chi connectivity index (χ2n) is 9.52. The van der Waals surface area contributed by atoms with Crippen LogP contribution >= 0.6 is 0 Å². The van der Waals surface area contributed by atoms with Gasteiger partial charge in [0.25, 0.3) is 11.8 Å².